The average molecular weight is 496 g/mol. The summed E-state index contributed by atoms with van der Waals surface area (Å²) in [6.45, 7) is 1.77. The molecule has 10 heteroatoms. The number of ether oxygens (including phenoxy) is 1. The van der Waals surface area contributed by atoms with E-state index in [-0.39, 0.29) is 35.7 Å². The number of halogens is 2. The summed E-state index contributed by atoms with van der Waals surface area (Å²) in [5.74, 6) is 0.101. The predicted molar refractivity (Wildman–Crippen MR) is 131 cm³/mol. The minimum atomic E-state index is -2.68. The Morgan fingerprint density at radius 2 is 1.86 bits per heavy atom. The fourth-order valence-corrected chi connectivity index (χ4v) is 4.25. The molecule has 0 fully saturated rings. The highest BCUT2D eigenvalue weighted by atomic mass is 32.2. The van der Waals surface area contributed by atoms with Crippen LogP contribution >= 0.6 is 0 Å². The maximum atomic E-state index is 14.0. The SMILES string of the molecule is Cc1cc(COc2cc(F)ccc2-c2ncnc(Nc3cccc(CS(C)(=N)=O)c3)n2)ccc1F. The Hall–Kier alpha value is -3.92. The first-order valence-corrected chi connectivity index (χ1v) is 12.7. The molecule has 0 amide bonds. The second kappa shape index (κ2) is 10.1. The summed E-state index contributed by atoms with van der Waals surface area (Å²) in [7, 11) is -2.68. The van der Waals surface area contributed by atoms with Crippen LogP contribution in [0.2, 0.25) is 0 Å². The molecule has 35 heavy (non-hydrogen) atoms. The van der Waals surface area contributed by atoms with Crippen LogP contribution in [-0.2, 0) is 22.1 Å². The van der Waals surface area contributed by atoms with Gasteiger partial charge in [-0.25, -0.2) is 23.0 Å². The lowest BCUT2D eigenvalue weighted by Gasteiger charge is -2.12. The molecule has 1 unspecified atom stereocenters. The molecule has 4 aromatic rings. The van der Waals surface area contributed by atoms with Gasteiger partial charge in [-0.1, -0.05) is 18.2 Å². The van der Waals surface area contributed by atoms with E-state index >= 15 is 0 Å². The lowest BCUT2D eigenvalue weighted by Crippen LogP contribution is -2.03. The van der Waals surface area contributed by atoms with E-state index in [2.05, 4.69) is 20.3 Å². The quantitative estimate of drug-likeness (QED) is 0.329. The van der Waals surface area contributed by atoms with Gasteiger partial charge in [0.2, 0.25) is 5.95 Å². The molecule has 0 saturated carbocycles. The third kappa shape index (κ3) is 6.57. The Balaban J connectivity index is 1.57. The molecule has 0 bridgehead atoms. The van der Waals surface area contributed by atoms with Gasteiger partial charge in [0.05, 0.1) is 11.3 Å². The molecule has 3 aromatic carbocycles. The van der Waals surface area contributed by atoms with Crippen molar-refractivity contribution in [2.75, 3.05) is 11.6 Å². The van der Waals surface area contributed by atoms with Crippen LogP contribution in [0, 0.1) is 23.3 Å². The van der Waals surface area contributed by atoms with Gasteiger partial charge in [0.1, 0.15) is 30.3 Å². The minimum absolute atomic E-state index is 0.108. The Morgan fingerprint density at radius 3 is 2.63 bits per heavy atom. The van der Waals surface area contributed by atoms with E-state index in [1.54, 1.807) is 43.3 Å². The number of anilines is 2. The molecule has 0 aliphatic rings. The van der Waals surface area contributed by atoms with Crippen molar-refractivity contribution in [3.8, 4) is 17.1 Å². The number of nitrogens with zero attached hydrogens (tertiary/aromatic N) is 3. The number of aromatic nitrogens is 3. The van der Waals surface area contributed by atoms with Crippen LogP contribution in [0.15, 0.2) is 67.0 Å². The van der Waals surface area contributed by atoms with Crippen molar-refractivity contribution in [2.45, 2.75) is 19.3 Å². The Bertz CT molecular complexity index is 1480. The van der Waals surface area contributed by atoms with Gasteiger partial charge in [0.15, 0.2) is 5.82 Å². The molecule has 180 valence electrons. The summed E-state index contributed by atoms with van der Waals surface area (Å²) >= 11 is 0. The van der Waals surface area contributed by atoms with Gasteiger partial charge in [-0.3, -0.25) is 4.78 Å². The summed E-state index contributed by atoms with van der Waals surface area (Å²) in [5.41, 5.74) is 3.10. The first-order chi connectivity index (χ1) is 16.7. The van der Waals surface area contributed by atoms with Crippen LogP contribution in [0.5, 0.6) is 5.75 Å². The molecule has 0 aliphatic carbocycles. The fraction of sp³-hybridized carbons (Fsp3) is 0.160. The van der Waals surface area contributed by atoms with Crippen LogP contribution in [0.3, 0.4) is 0 Å². The molecule has 0 radical (unpaired) electrons. The molecule has 0 saturated heterocycles. The van der Waals surface area contributed by atoms with Crippen molar-refractivity contribution in [3.63, 3.8) is 0 Å². The zero-order chi connectivity index (χ0) is 25.0. The Labute approximate surface area is 202 Å². The van der Waals surface area contributed by atoms with Gasteiger partial charge in [-0.15, -0.1) is 0 Å². The van der Waals surface area contributed by atoms with E-state index in [9.17, 15) is 13.0 Å². The first kappa shape index (κ1) is 24.2. The molecular formula is C25H23F2N5O2S. The molecule has 1 aromatic heterocycles. The second-order valence-corrected chi connectivity index (χ2v) is 10.4. The molecule has 1 heterocycles. The molecule has 2 N–H and O–H groups in total. The summed E-state index contributed by atoms with van der Waals surface area (Å²) in [6.07, 6.45) is 2.72. The maximum absolute atomic E-state index is 14.0. The summed E-state index contributed by atoms with van der Waals surface area (Å²) < 4.78 is 52.9. The first-order valence-electron chi connectivity index (χ1n) is 10.6. The smallest absolute Gasteiger partial charge is 0.230 e. The van der Waals surface area contributed by atoms with E-state index in [1.807, 2.05) is 0 Å². The standard InChI is InChI=1S/C25H23F2N5O2S/c1-16-10-17(6-9-22(16)27)13-34-23-12-19(26)7-8-21(23)24-29-15-30-25(32-24)31-20-5-3-4-18(11-20)14-35(2,28)33/h3-12,15,28H,13-14H2,1-2H3,(H,29,30,31,32). The minimum Gasteiger partial charge on any atom is -0.488 e. The number of nitrogens with one attached hydrogen (secondary N) is 2. The van der Waals surface area contributed by atoms with Crippen LogP contribution in [0.25, 0.3) is 11.4 Å². The summed E-state index contributed by atoms with van der Waals surface area (Å²) in [6, 6.07) is 15.9. The highest BCUT2D eigenvalue weighted by Crippen LogP contribution is 2.30. The summed E-state index contributed by atoms with van der Waals surface area (Å²) in [4.78, 5) is 12.8. The number of rotatable bonds is 8. The topological polar surface area (TPSA) is 101 Å². The number of aryl methyl sites for hydroxylation is 1. The van der Waals surface area contributed by atoms with E-state index in [1.165, 1.54) is 36.8 Å². The Morgan fingerprint density at radius 1 is 1.03 bits per heavy atom. The largest absolute Gasteiger partial charge is 0.488 e. The van der Waals surface area contributed by atoms with Crippen molar-refractivity contribution >= 4 is 21.4 Å². The van der Waals surface area contributed by atoms with Gasteiger partial charge < -0.3 is 10.1 Å². The van der Waals surface area contributed by atoms with Gasteiger partial charge in [-0.05, 0) is 60.0 Å². The highest BCUT2D eigenvalue weighted by Gasteiger charge is 2.13. The van der Waals surface area contributed by atoms with Gasteiger partial charge in [-0.2, -0.15) is 4.98 Å². The molecule has 7 nitrogen and oxygen atoms in total. The molecule has 0 spiro atoms. The zero-order valence-electron chi connectivity index (χ0n) is 19.1. The van der Waals surface area contributed by atoms with Crippen molar-refractivity contribution in [1.82, 2.24) is 15.0 Å². The third-order valence-electron chi connectivity index (χ3n) is 5.00. The van der Waals surface area contributed by atoms with Crippen molar-refractivity contribution in [3.05, 3.63) is 95.3 Å². The fourth-order valence-electron chi connectivity index (χ4n) is 3.43. The maximum Gasteiger partial charge on any atom is 0.230 e. The van der Waals surface area contributed by atoms with Crippen LogP contribution in [-0.4, -0.2) is 25.4 Å². The second-order valence-electron chi connectivity index (χ2n) is 8.12. The van der Waals surface area contributed by atoms with Crippen molar-refractivity contribution < 1.29 is 17.7 Å². The van der Waals surface area contributed by atoms with Gasteiger partial charge in [0, 0.05) is 27.7 Å². The monoisotopic (exact) mass is 495 g/mol. The summed E-state index contributed by atoms with van der Waals surface area (Å²) in [5, 5.41) is 3.07. The van der Waals surface area contributed by atoms with E-state index in [4.69, 9.17) is 9.52 Å². The van der Waals surface area contributed by atoms with E-state index < -0.39 is 15.5 Å². The normalized spacial score (nSPS) is 12.7. The van der Waals surface area contributed by atoms with E-state index in [0.29, 0.717) is 16.8 Å². The molecule has 4 rings (SSSR count). The van der Waals surface area contributed by atoms with Crippen LogP contribution in [0.4, 0.5) is 20.4 Å². The van der Waals surface area contributed by atoms with E-state index in [0.717, 1.165) is 11.1 Å². The molecule has 0 aliphatic heterocycles. The van der Waals surface area contributed by atoms with Gasteiger partial charge >= 0.3 is 0 Å². The van der Waals surface area contributed by atoms with Crippen molar-refractivity contribution in [2.24, 2.45) is 0 Å². The molecular weight excluding hydrogens is 472 g/mol. The lowest BCUT2D eigenvalue weighted by atomic mass is 10.1. The lowest BCUT2D eigenvalue weighted by molar-refractivity contribution is 0.305. The highest BCUT2D eigenvalue weighted by molar-refractivity contribution is 7.90. The van der Waals surface area contributed by atoms with Crippen LogP contribution in [0.1, 0.15) is 16.7 Å². The van der Waals surface area contributed by atoms with Crippen molar-refractivity contribution in [1.29, 1.82) is 4.78 Å². The Kier molecular flexibility index (Phi) is 7.02. The zero-order valence-corrected chi connectivity index (χ0v) is 19.9. The number of benzene rings is 3. The predicted octanol–water partition coefficient (Wildman–Crippen LogP) is 5.62. The third-order valence-corrected chi connectivity index (χ3v) is 5.88. The number of hydrogen-bond acceptors (Lipinski definition) is 7. The molecule has 1 atom stereocenters. The average Bonchev–Trinajstić information content (AvgIpc) is 2.79. The number of hydrogen-bond donors (Lipinski definition) is 2. The van der Waals surface area contributed by atoms with Gasteiger partial charge in [0.25, 0.3) is 0 Å². The van der Waals surface area contributed by atoms with Crippen LogP contribution < -0.4 is 10.1 Å².